The average molecular weight is 286 g/mol. The zero-order chi connectivity index (χ0) is 13.9. The number of nitrogens with one attached hydrogen (secondary N) is 1. The Morgan fingerprint density at radius 2 is 1.90 bits per heavy atom. The average Bonchev–Trinajstić information content (AvgIpc) is 2.97. The number of thioether (sulfide) groups is 1. The van der Waals surface area contributed by atoms with E-state index in [1.54, 1.807) is 24.7 Å². The van der Waals surface area contributed by atoms with Crippen LogP contribution in [-0.4, -0.2) is 26.2 Å². The van der Waals surface area contributed by atoms with E-state index in [1.165, 1.54) is 23.9 Å². The highest BCUT2D eigenvalue weighted by Crippen LogP contribution is 2.28. The molecule has 0 amide bonds. The number of aromatic amines is 1. The van der Waals surface area contributed by atoms with Gasteiger partial charge in [-0.05, 0) is 36.6 Å². The minimum Gasteiger partial charge on any atom is -0.343 e. The predicted octanol–water partition coefficient (Wildman–Crippen LogP) is 3.39. The number of imidazole rings is 1. The van der Waals surface area contributed by atoms with Crippen molar-refractivity contribution in [3.63, 3.8) is 0 Å². The first-order valence-corrected chi connectivity index (χ1v) is 7.17. The van der Waals surface area contributed by atoms with E-state index in [0.717, 1.165) is 22.6 Å². The van der Waals surface area contributed by atoms with E-state index in [-0.39, 0.29) is 5.82 Å². The Kier molecular flexibility index (Phi) is 3.47. The molecule has 100 valence electrons. The van der Waals surface area contributed by atoms with E-state index < -0.39 is 0 Å². The van der Waals surface area contributed by atoms with Crippen molar-refractivity contribution in [2.24, 2.45) is 0 Å². The fourth-order valence-electron chi connectivity index (χ4n) is 1.89. The smallest absolute Gasteiger partial charge is 0.187 e. The van der Waals surface area contributed by atoms with Crippen molar-refractivity contribution in [2.75, 3.05) is 6.26 Å². The molecule has 0 atom stereocenters. The van der Waals surface area contributed by atoms with Gasteiger partial charge in [0, 0.05) is 11.8 Å². The van der Waals surface area contributed by atoms with Crippen LogP contribution in [-0.2, 0) is 0 Å². The fraction of sp³-hybridized carbons (Fsp3) is 0.0714. The van der Waals surface area contributed by atoms with E-state index in [9.17, 15) is 4.39 Å². The molecule has 0 bridgehead atoms. The van der Waals surface area contributed by atoms with Crippen molar-refractivity contribution in [3.05, 3.63) is 48.7 Å². The second kappa shape index (κ2) is 5.42. The molecule has 0 aliphatic rings. The van der Waals surface area contributed by atoms with Crippen molar-refractivity contribution in [2.45, 2.75) is 5.16 Å². The number of aromatic nitrogens is 4. The van der Waals surface area contributed by atoms with E-state index in [4.69, 9.17) is 0 Å². The Morgan fingerprint density at radius 1 is 1.10 bits per heavy atom. The first-order chi connectivity index (χ1) is 9.78. The third-order valence-electron chi connectivity index (χ3n) is 2.83. The maximum absolute atomic E-state index is 13.0. The van der Waals surface area contributed by atoms with Crippen LogP contribution in [0.25, 0.3) is 22.6 Å². The summed E-state index contributed by atoms with van der Waals surface area (Å²) in [7, 11) is 0. The van der Waals surface area contributed by atoms with Crippen molar-refractivity contribution < 1.29 is 4.39 Å². The molecule has 0 saturated carbocycles. The first kappa shape index (κ1) is 12.8. The monoisotopic (exact) mass is 286 g/mol. The molecule has 1 aromatic carbocycles. The highest BCUT2D eigenvalue weighted by molar-refractivity contribution is 7.98. The van der Waals surface area contributed by atoms with Gasteiger partial charge in [-0.25, -0.2) is 19.3 Å². The summed E-state index contributed by atoms with van der Waals surface area (Å²) in [6, 6.07) is 8.06. The molecule has 2 aromatic heterocycles. The van der Waals surface area contributed by atoms with Gasteiger partial charge in [-0.3, -0.25) is 0 Å². The van der Waals surface area contributed by atoms with Gasteiger partial charge in [-0.2, -0.15) is 0 Å². The normalized spacial score (nSPS) is 10.7. The lowest BCUT2D eigenvalue weighted by molar-refractivity contribution is 0.628. The lowest BCUT2D eigenvalue weighted by atomic mass is 10.1. The van der Waals surface area contributed by atoms with E-state index >= 15 is 0 Å². The quantitative estimate of drug-likeness (QED) is 0.592. The topological polar surface area (TPSA) is 54.5 Å². The number of rotatable bonds is 3. The van der Waals surface area contributed by atoms with Gasteiger partial charge >= 0.3 is 0 Å². The van der Waals surface area contributed by atoms with Gasteiger partial charge in [0.1, 0.15) is 5.82 Å². The van der Waals surface area contributed by atoms with Gasteiger partial charge in [-0.1, -0.05) is 11.8 Å². The lowest BCUT2D eigenvalue weighted by Crippen LogP contribution is -1.91. The van der Waals surface area contributed by atoms with Crippen molar-refractivity contribution in [1.29, 1.82) is 0 Å². The lowest BCUT2D eigenvalue weighted by Gasteiger charge is -2.03. The van der Waals surface area contributed by atoms with Crippen LogP contribution >= 0.6 is 11.8 Å². The third kappa shape index (κ3) is 2.42. The molecule has 4 nitrogen and oxygen atoms in total. The third-order valence-corrected chi connectivity index (χ3v) is 3.39. The van der Waals surface area contributed by atoms with Crippen LogP contribution in [0.15, 0.2) is 48.0 Å². The van der Waals surface area contributed by atoms with Crippen LogP contribution in [0, 0.1) is 5.82 Å². The summed E-state index contributed by atoms with van der Waals surface area (Å²) in [6.45, 7) is 0. The standard InChI is InChI=1S/C14H11FN4S/c1-20-14-16-7-6-11(19-14)13-12(17-8-18-13)9-2-4-10(15)5-3-9/h2-8H,1H3,(H,17,18). The molecule has 0 aliphatic heterocycles. The van der Waals surface area contributed by atoms with Crippen LogP contribution in [0.5, 0.6) is 0 Å². The highest BCUT2D eigenvalue weighted by atomic mass is 32.2. The second-order valence-electron chi connectivity index (χ2n) is 4.06. The maximum Gasteiger partial charge on any atom is 0.187 e. The van der Waals surface area contributed by atoms with Gasteiger partial charge in [0.25, 0.3) is 0 Å². The minimum atomic E-state index is -0.266. The van der Waals surface area contributed by atoms with Crippen LogP contribution in [0.4, 0.5) is 4.39 Å². The number of halogens is 1. The summed E-state index contributed by atoms with van der Waals surface area (Å²) < 4.78 is 13.0. The molecule has 0 aliphatic carbocycles. The van der Waals surface area contributed by atoms with Crippen LogP contribution in [0.2, 0.25) is 0 Å². The molecule has 0 saturated heterocycles. The van der Waals surface area contributed by atoms with Crippen LogP contribution < -0.4 is 0 Å². The van der Waals surface area contributed by atoms with Gasteiger partial charge in [0.2, 0.25) is 0 Å². The van der Waals surface area contributed by atoms with Crippen LogP contribution in [0.1, 0.15) is 0 Å². The Morgan fingerprint density at radius 3 is 2.65 bits per heavy atom. The van der Waals surface area contributed by atoms with Gasteiger partial charge in [0.15, 0.2) is 5.16 Å². The van der Waals surface area contributed by atoms with Crippen LogP contribution in [0.3, 0.4) is 0 Å². The summed E-state index contributed by atoms with van der Waals surface area (Å²) in [5, 5.41) is 0.696. The molecule has 6 heteroatoms. The minimum absolute atomic E-state index is 0.266. The van der Waals surface area contributed by atoms with Crippen molar-refractivity contribution in [3.8, 4) is 22.6 Å². The summed E-state index contributed by atoms with van der Waals surface area (Å²) in [5.41, 5.74) is 3.15. The Hall–Kier alpha value is -2.21. The van der Waals surface area contributed by atoms with Gasteiger partial charge in [-0.15, -0.1) is 0 Å². The van der Waals surface area contributed by atoms with E-state index in [0.29, 0.717) is 5.16 Å². The largest absolute Gasteiger partial charge is 0.343 e. The highest BCUT2D eigenvalue weighted by Gasteiger charge is 2.12. The predicted molar refractivity (Wildman–Crippen MR) is 76.8 cm³/mol. The zero-order valence-corrected chi connectivity index (χ0v) is 11.5. The van der Waals surface area contributed by atoms with E-state index in [2.05, 4.69) is 19.9 Å². The molecule has 1 N–H and O–H groups in total. The zero-order valence-electron chi connectivity index (χ0n) is 10.7. The molecule has 0 spiro atoms. The van der Waals surface area contributed by atoms with Crippen molar-refractivity contribution in [1.82, 2.24) is 19.9 Å². The molecule has 0 unspecified atom stereocenters. The molecular weight excluding hydrogens is 275 g/mol. The molecule has 0 radical (unpaired) electrons. The number of hydrogen-bond donors (Lipinski definition) is 1. The Bertz CT molecular complexity index is 724. The van der Waals surface area contributed by atoms with Gasteiger partial charge in [0.05, 0.1) is 23.4 Å². The summed E-state index contributed by atoms with van der Waals surface area (Å²) in [4.78, 5) is 16.0. The molecule has 0 fully saturated rings. The fourth-order valence-corrected chi connectivity index (χ4v) is 2.25. The SMILES string of the molecule is CSc1nccc(-c2[nH]cnc2-c2ccc(F)cc2)n1. The number of nitrogens with zero attached hydrogens (tertiary/aromatic N) is 3. The Balaban J connectivity index is 2.07. The first-order valence-electron chi connectivity index (χ1n) is 5.94. The molecular formula is C14H11FN4S. The second-order valence-corrected chi connectivity index (χ2v) is 4.84. The van der Waals surface area contributed by atoms with Gasteiger partial charge < -0.3 is 4.98 Å². The molecule has 2 heterocycles. The summed E-state index contributed by atoms with van der Waals surface area (Å²) in [5.74, 6) is -0.266. The molecule has 3 rings (SSSR count). The van der Waals surface area contributed by atoms with E-state index in [1.807, 2.05) is 12.3 Å². The summed E-state index contributed by atoms with van der Waals surface area (Å²) >= 11 is 1.48. The molecule has 20 heavy (non-hydrogen) atoms. The maximum atomic E-state index is 13.0. The van der Waals surface area contributed by atoms with Crippen molar-refractivity contribution >= 4 is 11.8 Å². The number of H-pyrrole nitrogens is 1. The molecule has 3 aromatic rings. The Labute approximate surface area is 119 Å². The number of benzene rings is 1. The number of hydrogen-bond acceptors (Lipinski definition) is 4. The summed E-state index contributed by atoms with van der Waals surface area (Å²) in [6.07, 6.45) is 5.24.